The summed E-state index contributed by atoms with van der Waals surface area (Å²) in [4.78, 5) is 23.8. The van der Waals surface area contributed by atoms with Gasteiger partial charge in [-0.3, -0.25) is 9.59 Å². The van der Waals surface area contributed by atoms with Crippen molar-refractivity contribution in [2.75, 3.05) is 6.61 Å². The number of rotatable bonds is 4. The molecule has 0 aliphatic heterocycles. The number of carbonyl (C=O) groups is 1. The van der Waals surface area contributed by atoms with Crippen LogP contribution in [0.3, 0.4) is 0 Å². The molecule has 0 spiro atoms. The quantitative estimate of drug-likeness (QED) is 0.633. The van der Waals surface area contributed by atoms with Gasteiger partial charge in [0.15, 0.2) is 6.10 Å². The maximum absolute atomic E-state index is 12.9. The number of fused-ring (bicyclic) bond motifs is 1. The zero-order valence-electron chi connectivity index (χ0n) is 13.6. The zero-order chi connectivity index (χ0) is 20.6. The van der Waals surface area contributed by atoms with Crippen molar-refractivity contribution in [3.8, 4) is 0 Å². The largest absolute Gasteiger partial charge is 0.465 e. The van der Waals surface area contributed by atoms with Gasteiger partial charge in [-0.25, -0.2) is 4.68 Å². The summed E-state index contributed by atoms with van der Waals surface area (Å²) in [7, 11) is 0. The second-order valence-electron chi connectivity index (χ2n) is 5.36. The minimum Gasteiger partial charge on any atom is -0.465 e. The molecule has 12 heteroatoms. The Morgan fingerprint density at radius 2 is 1.85 bits per heavy atom. The Labute approximate surface area is 147 Å². The van der Waals surface area contributed by atoms with Crippen LogP contribution in [0.5, 0.6) is 0 Å². The van der Waals surface area contributed by atoms with Crippen LogP contribution in [0.2, 0.25) is 0 Å². The van der Waals surface area contributed by atoms with Gasteiger partial charge in [-0.1, -0.05) is 0 Å². The first-order valence-corrected chi connectivity index (χ1v) is 7.38. The Hall–Kier alpha value is -2.63. The number of aromatic nitrogens is 2. The Morgan fingerprint density at radius 3 is 2.37 bits per heavy atom. The van der Waals surface area contributed by atoms with Crippen molar-refractivity contribution in [1.82, 2.24) is 9.78 Å². The SMILES string of the molecule is CCOC(=O)Cn1nc(C(O)C(F)(F)F)c2cc(C(F)(F)F)ccc2c1=O. The maximum atomic E-state index is 12.9. The third kappa shape index (κ3) is 4.38. The van der Waals surface area contributed by atoms with Gasteiger partial charge >= 0.3 is 18.3 Å². The molecule has 0 saturated carbocycles. The lowest BCUT2D eigenvalue weighted by atomic mass is 10.0. The van der Waals surface area contributed by atoms with Crippen molar-refractivity contribution in [1.29, 1.82) is 0 Å². The Balaban J connectivity index is 2.77. The average Bonchev–Trinajstić information content (AvgIpc) is 2.55. The van der Waals surface area contributed by atoms with Gasteiger partial charge < -0.3 is 9.84 Å². The molecule has 1 heterocycles. The summed E-state index contributed by atoms with van der Waals surface area (Å²) in [5.41, 5.74) is -3.66. The second kappa shape index (κ2) is 7.18. The van der Waals surface area contributed by atoms with Crippen LogP contribution in [-0.2, 0) is 22.3 Å². The number of alkyl halides is 6. The molecular weight excluding hydrogens is 386 g/mol. The van der Waals surface area contributed by atoms with E-state index in [1.165, 1.54) is 6.92 Å². The van der Waals surface area contributed by atoms with Crippen molar-refractivity contribution in [3.05, 3.63) is 39.8 Å². The fraction of sp³-hybridized carbons (Fsp3) is 0.400. The predicted molar refractivity (Wildman–Crippen MR) is 78.7 cm³/mol. The molecule has 2 rings (SSSR count). The van der Waals surface area contributed by atoms with Crippen LogP contribution >= 0.6 is 0 Å². The summed E-state index contributed by atoms with van der Waals surface area (Å²) in [6, 6.07) is 1.46. The van der Waals surface area contributed by atoms with Gasteiger partial charge in [0.2, 0.25) is 0 Å². The number of nitrogens with zero attached hydrogens (tertiary/aromatic N) is 2. The molecule has 0 aliphatic carbocycles. The number of ether oxygens (including phenoxy) is 1. The van der Waals surface area contributed by atoms with Crippen molar-refractivity contribution in [2.24, 2.45) is 0 Å². The lowest BCUT2D eigenvalue weighted by Crippen LogP contribution is -2.32. The fourth-order valence-electron chi connectivity index (χ4n) is 2.28. The van der Waals surface area contributed by atoms with Crippen molar-refractivity contribution >= 4 is 16.7 Å². The number of aliphatic hydroxyl groups excluding tert-OH is 1. The molecule has 0 aliphatic rings. The summed E-state index contributed by atoms with van der Waals surface area (Å²) in [5, 5.41) is 11.4. The van der Waals surface area contributed by atoms with Gasteiger partial charge in [-0.2, -0.15) is 31.4 Å². The summed E-state index contributed by atoms with van der Waals surface area (Å²) >= 11 is 0. The van der Waals surface area contributed by atoms with E-state index in [2.05, 4.69) is 9.84 Å². The van der Waals surface area contributed by atoms with E-state index in [0.717, 1.165) is 0 Å². The average molecular weight is 398 g/mol. The summed E-state index contributed by atoms with van der Waals surface area (Å²) in [5.74, 6) is -0.995. The van der Waals surface area contributed by atoms with Crippen molar-refractivity contribution in [3.63, 3.8) is 0 Å². The van der Waals surface area contributed by atoms with E-state index in [1.807, 2.05) is 0 Å². The maximum Gasteiger partial charge on any atom is 0.420 e. The molecule has 148 valence electrons. The van der Waals surface area contributed by atoms with Gasteiger partial charge in [0.1, 0.15) is 12.2 Å². The molecule has 1 unspecified atom stereocenters. The molecule has 6 nitrogen and oxygen atoms in total. The highest BCUT2D eigenvalue weighted by atomic mass is 19.4. The molecule has 27 heavy (non-hydrogen) atoms. The first kappa shape index (κ1) is 20.7. The van der Waals surface area contributed by atoms with Gasteiger partial charge in [-0.05, 0) is 25.1 Å². The third-order valence-electron chi connectivity index (χ3n) is 3.47. The molecule has 0 fully saturated rings. The lowest BCUT2D eigenvalue weighted by molar-refractivity contribution is -0.207. The molecule has 1 N–H and O–H groups in total. The van der Waals surface area contributed by atoms with Crippen LogP contribution in [0.15, 0.2) is 23.0 Å². The van der Waals surface area contributed by atoms with Crippen LogP contribution in [0.25, 0.3) is 10.8 Å². The monoisotopic (exact) mass is 398 g/mol. The van der Waals surface area contributed by atoms with Gasteiger partial charge in [0, 0.05) is 5.39 Å². The topological polar surface area (TPSA) is 81.4 Å². The third-order valence-corrected chi connectivity index (χ3v) is 3.47. The molecule has 0 saturated heterocycles. The highest BCUT2D eigenvalue weighted by Crippen LogP contribution is 2.36. The number of hydrogen-bond donors (Lipinski definition) is 1. The number of halogens is 6. The first-order chi connectivity index (χ1) is 12.4. The summed E-state index contributed by atoms with van der Waals surface area (Å²) in [6.45, 7) is 0.501. The zero-order valence-corrected chi connectivity index (χ0v) is 13.6. The highest BCUT2D eigenvalue weighted by Gasteiger charge is 2.42. The molecule has 1 aromatic heterocycles. The van der Waals surface area contributed by atoms with E-state index in [-0.39, 0.29) is 6.61 Å². The van der Waals surface area contributed by atoms with Crippen molar-refractivity contribution in [2.45, 2.75) is 31.9 Å². The van der Waals surface area contributed by atoms with Crippen LogP contribution in [-0.4, -0.2) is 33.6 Å². The highest BCUT2D eigenvalue weighted by molar-refractivity contribution is 5.85. The number of benzene rings is 1. The molecule has 0 amide bonds. The first-order valence-electron chi connectivity index (χ1n) is 7.38. The smallest absolute Gasteiger partial charge is 0.420 e. The fourth-order valence-corrected chi connectivity index (χ4v) is 2.28. The van der Waals surface area contributed by atoms with Gasteiger partial charge in [0.25, 0.3) is 5.56 Å². The van der Waals surface area contributed by atoms with E-state index in [1.54, 1.807) is 0 Å². The number of carbonyl (C=O) groups excluding carboxylic acids is 1. The molecule has 0 radical (unpaired) electrons. The van der Waals surface area contributed by atoms with E-state index < -0.39 is 58.6 Å². The van der Waals surface area contributed by atoms with Crippen LogP contribution < -0.4 is 5.56 Å². The van der Waals surface area contributed by atoms with E-state index in [4.69, 9.17) is 0 Å². The van der Waals surface area contributed by atoms with Crippen molar-refractivity contribution < 1.29 is 41.0 Å². The predicted octanol–water partition coefficient (Wildman–Crippen LogP) is 2.57. The Morgan fingerprint density at radius 1 is 1.22 bits per heavy atom. The molecule has 2 aromatic rings. The molecular formula is C15H12F6N2O4. The number of hydrogen-bond acceptors (Lipinski definition) is 5. The van der Waals surface area contributed by atoms with Crippen LogP contribution in [0.4, 0.5) is 26.3 Å². The van der Waals surface area contributed by atoms with Crippen LogP contribution in [0.1, 0.15) is 24.3 Å². The van der Waals surface area contributed by atoms with E-state index >= 15 is 0 Å². The Bertz CT molecular complexity index is 919. The second-order valence-corrected chi connectivity index (χ2v) is 5.36. The standard InChI is InChI=1S/C15H12F6N2O4/c1-2-27-10(24)6-23-13(26)8-4-3-7(14(16,17)18)5-9(8)11(22-23)12(25)15(19,20)21/h3-5,12,25H,2,6H2,1H3. The minimum atomic E-state index is -5.26. The van der Waals surface area contributed by atoms with E-state index in [0.29, 0.717) is 22.9 Å². The number of aliphatic hydroxyl groups is 1. The number of esters is 1. The minimum absolute atomic E-state index is 0.0753. The summed E-state index contributed by atoms with van der Waals surface area (Å²) < 4.78 is 82.2. The normalized spacial score (nSPS) is 13.6. The molecule has 1 atom stereocenters. The van der Waals surface area contributed by atoms with Crippen LogP contribution in [0, 0.1) is 0 Å². The van der Waals surface area contributed by atoms with Gasteiger partial charge in [-0.15, -0.1) is 0 Å². The summed E-state index contributed by atoms with van der Waals surface area (Å²) in [6.07, 6.45) is -13.4. The molecule has 0 bridgehead atoms. The molecule has 1 aromatic carbocycles. The lowest BCUT2D eigenvalue weighted by Gasteiger charge is -2.18. The Kier molecular flexibility index (Phi) is 5.50. The van der Waals surface area contributed by atoms with Gasteiger partial charge in [0.05, 0.1) is 17.6 Å². The van der Waals surface area contributed by atoms with E-state index in [9.17, 15) is 41.0 Å².